The fourth-order valence-corrected chi connectivity index (χ4v) is 7.78. The average Bonchev–Trinajstić information content (AvgIpc) is 3.01. The topological polar surface area (TPSA) is 46.5 Å². The van der Waals surface area contributed by atoms with Gasteiger partial charge in [-0.2, -0.15) is 0 Å². The SMILES string of the molecule is CCCCCCC(=O)O[C@H]1CC[C@H]2[C@H]3[C@H](CC[C@]12C)[C@H]1CC[C@@H](O)C=C1C[C@H]3C. The number of hydrogen-bond donors (Lipinski definition) is 1. The molecule has 0 saturated heterocycles. The maximum absolute atomic E-state index is 12.5. The number of aliphatic hydroxyl groups excluding tert-OH is 1. The third-order valence-corrected chi connectivity index (χ3v) is 9.19. The van der Waals surface area contributed by atoms with Crippen LogP contribution in [0, 0.1) is 35.0 Å². The van der Waals surface area contributed by atoms with Gasteiger partial charge in [0.2, 0.25) is 0 Å². The number of carbonyl (C=O) groups is 1. The van der Waals surface area contributed by atoms with Crippen molar-refractivity contribution < 1.29 is 14.6 Å². The Labute approximate surface area is 177 Å². The highest BCUT2D eigenvalue weighted by molar-refractivity contribution is 5.69. The van der Waals surface area contributed by atoms with Crippen molar-refractivity contribution >= 4 is 5.97 Å². The van der Waals surface area contributed by atoms with Crippen LogP contribution in [0.2, 0.25) is 0 Å². The van der Waals surface area contributed by atoms with Crippen LogP contribution < -0.4 is 0 Å². The van der Waals surface area contributed by atoms with Crippen LogP contribution >= 0.6 is 0 Å². The molecule has 0 aromatic carbocycles. The average molecular weight is 403 g/mol. The predicted molar refractivity (Wildman–Crippen MR) is 116 cm³/mol. The molecular formula is C26H42O3. The molecule has 164 valence electrons. The third kappa shape index (κ3) is 4.05. The van der Waals surface area contributed by atoms with E-state index in [0.29, 0.717) is 24.2 Å². The number of aliphatic hydroxyl groups is 1. The number of hydrogen-bond acceptors (Lipinski definition) is 3. The summed E-state index contributed by atoms with van der Waals surface area (Å²) < 4.78 is 6.12. The minimum atomic E-state index is -0.216. The second-order valence-corrected chi connectivity index (χ2v) is 10.9. The van der Waals surface area contributed by atoms with Crippen molar-refractivity contribution in [1.29, 1.82) is 0 Å². The fraction of sp³-hybridized carbons (Fsp3) is 0.885. The molecule has 3 nitrogen and oxygen atoms in total. The van der Waals surface area contributed by atoms with Gasteiger partial charge in [-0.15, -0.1) is 0 Å². The molecule has 3 fully saturated rings. The highest BCUT2D eigenvalue weighted by atomic mass is 16.5. The molecule has 0 radical (unpaired) electrons. The minimum absolute atomic E-state index is 0.0401. The molecule has 29 heavy (non-hydrogen) atoms. The summed E-state index contributed by atoms with van der Waals surface area (Å²) in [6.45, 7) is 7.07. The zero-order valence-corrected chi connectivity index (χ0v) is 18.9. The van der Waals surface area contributed by atoms with Crippen LogP contribution in [0.15, 0.2) is 11.6 Å². The van der Waals surface area contributed by atoms with E-state index < -0.39 is 0 Å². The first kappa shape index (κ1) is 21.4. The van der Waals surface area contributed by atoms with Gasteiger partial charge in [0.05, 0.1) is 6.10 Å². The minimum Gasteiger partial charge on any atom is -0.462 e. The molecule has 4 aliphatic carbocycles. The van der Waals surface area contributed by atoms with Crippen LogP contribution in [0.1, 0.15) is 97.8 Å². The summed E-state index contributed by atoms with van der Waals surface area (Å²) in [5, 5.41) is 10.1. The highest BCUT2D eigenvalue weighted by Gasteiger charge is 2.58. The lowest BCUT2D eigenvalue weighted by Crippen LogP contribution is -2.51. The molecule has 8 atom stereocenters. The molecule has 0 spiro atoms. The van der Waals surface area contributed by atoms with E-state index >= 15 is 0 Å². The smallest absolute Gasteiger partial charge is 0.306 e. The second kappa shape index (κ2) is 8.73. The van der Waals surface area contributed by atoms with Gasteiger partial charge in [0.15, 0.2) is 0 Å². The summed E-state index contributed by atoms with van der Waals surface area (Å²) in [6, 6.07) is 0. The summed E-state index contributed by atoms with van der Waals surface area (Å²) in [7, 11) is 0. The first-order valence-electron chi connectivity index (χ1n) is 12.5. The van der Waals surface area contributed by atoms with Crippen LogP contribution in [0.25, 0.3) is 0 Å². The van der Waals surface area contributed by atoms with E-state index in [4.69, 9.17) is 4.74 Å². The van der Waals surface area contributed by atoms with Crippen LogP contribution in [0.5, 0.6) is 0 Å². The zero-order chi connectivity index (χ0) is 20.6. The maximum atomic E-state index is 12.5. The van der Waals surface area contributed by atoms with Gasteiger partial charge >= 0.3 is 5.97 Å². The van der Waals surface area contributed by atoms with Gasteiger partial charge in [0.1, 0.15) is 6.10 Å². The van der Waals surface area contributed by atoms with Crippen LogP contribution in [-0.4, -0.2) is 23.3 Å². The number of carbonyl (C=O) groups excluding carboxylic acids is 1. The van der Waals surface area contributed by atoms with Gasteiger partial charge in [-0.3, -0.25) is 4.79 Å². The summed E-state index contributed by atoms with van der Waals surface area (Å²) >= 11 is 0. The molecule has 4 aliphatic rings. The Bertz CT molecular complexity index is 625. The van der Waals surface area contributed by atoms with E-state index in [-0.39, 0.29) is 23.6 Å². The van der Waals surface area contributed by atoms with Gasteiger partial charge in [-0.05, 0) is 81.0 Å². The van der Waals surface area contributed by atoms with E-state index in [9.17, 15) is 9.90 Å². The monoisotopic (exact) mass is 402 g/mol. The van der Waals surface area contributed by atoms with Gasteiger partial charge in [0, 0.05) is 11.8 Å². The Morgan fingerprint density at radius 2 is 2.00 bits per heavy atom. The molecule has 0 amide bonds. The Balaban J connectivity index is 1.43. The molecule has 3 heteroatoms. The number of unbranched alkanes of at least 4 members (excludes halogenated alkanes) is 3. The molecule has 0 unspecified atom stereocenters. The zero-order valence-electron chi connectivity index (χ0n) is 18.9. The molecule has 1 N–H and O–H groups in total. The van der Waals surface area contributed by atoms with Gasteiger partial charge in [-0.1, -0.05) is 51.7 Å². The quantitative estimate of drug-likeness (QED) is 0.334. The first-order chi connectivity index (χ1) is 13.9. The molecule has 0 aromatic heterocycles. The van der Waals surface area contributed by atoms with E-state index in [1.807, 2.05) is 0 Å². The molecule has 0 heterocycles. The fourth-order valence-electron chi connectivity index (χ4n) is 7.78. The highest BCUT2D eigenvalue weighted by Crippen LogP contribution is 2.63. The normalized spacial score (nSPS) is 43.7. The predicted octanol–water partition coefficient (Wildman–Crippen LogP) is 6.05. The Morgan fingerprint density at radius 1 is 1.17 bits per heavy atom. The van der Waals surface area contributed by atoms with Crippen molar-refractivity contribution in [1.82, 2.24) is 0 Å². The van der Waals surface area contributed by atoms with Crippen LogP contribution in [0.4, 0.5) is 0 Å². The molecular weight excluding hydrogens is 360 g/mol. The summed E-state index contributed by atoms with van der Waals surface area (Å²) in [5.74, 6) is 3.66. The van der Waals surface area contributed by atoms with Crippen molar-refractivity contribution in [3.05, 3.63) is 11.6 Å². The van der Waals surface area contributed by atoms with E-state index in [0.717, 1.165) is 43.9 Å². The molecule has 0 aromatic rings. The van der Waals surface area contributed by atoms with Crippen molar-refractivity contribution in [2.75, 3.05) is 0 Å². The Kier molecular flexibility index (Phi) is 6.44. The number of ether oxygens (including phenoxy) is 1. The summed E-state index contributed by atoms with van der Waals surface area (Å²) in [5.41, 5.74) is 1.72. The number of esters is 1. The second-order valence-electron chi connectivity index (χ2n) is 10.9. The molecule has 0 aliphatic heterocycles. The third-order valence-electron chi connectivity index (χ3n) is 9.19. The lowest BCUT2D eigenvalue weighted by molar-refractivity contribution is -0.160. The van der Waals surface area contributed by atoms with Crippen molar-refractivity contribution in [3.63, 3.8) is 0 Å². The van der Waals surface area contributed by atoms with Gasteiger partial charge in [-0.25, -0.2) is 0 Å². The van der Waals surface area contributed by atoms with Crippen molar-refractivity contribution in [2.24, 2.45) is 35.0 Å². The standard InChI is InChI=1S/C26H42O3/c1-4-5-6-7-8-24(28)29-23-12-11-22-25-17(2)15-18-16-19(27)9-10-20(18)21(25)13-14-26(22,23)3/h16-17,19-23,25,27H,4-15H2,1-3H3/t17-,19-,20+,21-,22+,23+,25-,26+/m1/s1. The summed E-state index contributed by atoms with van der Waals surface area (Å²) in [4.78, 5) is 12.5. The number of fused-ring (bicyclic) bond motifs is 5. The summed E-state index contributed by atoms with van der Waals surface area (Å²) in [6.07, 6.45) is 15.3. The first-order valence-corrected chi connectivity index (χ1v) is 12.5. The number of rotatable bonds is 6. The van der Waals surface area contributed by atoms with Crippen molar-refractivity contribution in [3.8, 4) is 0 Å². The Hall–Kier alpha value is -0.830. The van der Waals surface area contributed by atoms with Gasteiger partial charge < -0.3 is 9.84 Å². The van der Waals surface area contributed by atoms with E-state index in [2.05, 4.69) is 26.8 Å². The Morgan fingerprint density at radius 3 is 2.79 bits per heavy atom. The lowest BCUT2D eigenvalue weighted by atomic mass is 9.49. The lowest BCUT2D eigenvalue weighted by Gasteiger charge is -2.56. The molecule has 3 saturated carbocycles. The van der Waals surface area contributed by atoms with E-state index in [1.165, 1.54) is 38.5 Å². The van der Waals surface area contributed by atoms with Crippen LogP contribution in [0.3, 0.4) is 0 Å². The molecule has 0 bridgehead atoms. The van der Waals surface area contributed by atoms with Crippen molar-refractivity contribution in [2.45, 2.75) is 110 Å². The van der Waals surface area contributed by atoms with Gasteiger partial charge in [0.25, 0.3) is 0 Å². The largest absolute Gasteiger partial charge is 0.462 e. The molecule has 4 rings (SSSR count). The number of allylic oxidation sites excluding steroid dienone is 1. The maximum Gasteiger partial charge on any atom is 0.306 e. The van der Waals surface area contributed by atoms with E-state index in [1.54, 1.807) is 5.57 Å². The van der Waals surface area contributed by atoms with Crippen LogP contribution in [-0.2, 0) is 9.53 Å².